The molecule has 0 aliphatic heterocycles. The number of nitrogen functional groups attached to an aromatic ring is 2. The lowest BCUT2D eigenvalue weighted by molar-refractivity contribution is -0.385. The zero-order valence-electron chi connectivity index (χ0n) is 32.8. The first-order valence-corrected chi connectivity index (χ1v) is 22.8. The number of hydrogen-bond donors (Lipinski definition) is 2. The molecular weight excluding hydrogens is 894 g/mol. The second-order valence-corrected chi connectivity index (χ2v) is 18.6. The Labute approximate surface area is 360 Å². The van der Waals surface area contributed by atoms with E-state index in [1.807, 2.05) is 0 Å². The highest BCUT2D eigenvalue weighted by molar-refractivity contribution is 8.13. The molecule has 0 fully saturated rings. The summed E-state index contributed by atoms with van der Waals surface area (Å²) in [6.07, 6.45) is 4.58. The lowest BCUT2D eigenvalue weighted by Gasteiger charge is -2.06. The molecule has 62 heavy (non-hydrogen) atoms. The van der Waals surface area contributed by atoms with E-state index in [1.54, 1.807) is 55.8 Å². The lowest BCUT2D eigenvalue weighted by atomic mass is 10.3. The summed E-state index contributed by atoms with van der Waals surface area (Å²) in [4.78, 5) is 31.4. The van der Waals surface area contributed by atoms with Gasteiger partial charge in [-0.2, -0.15) is 0 Å². The van der Waals surface area contributed by atoms with Crippen molar-refractivity contribution in [2.45, 2.75) is 26.2 Å². The highest BCUT2D eigenvalue weighted by Crippen LogP contribution is 2.22. The Morgan fingerprint density at radius 2 is 0.871 bits per heavy atom. The molecule has 0 saturated heterocycles. The first-order valence-electron chi connectivity index (χ1n) is 17.2. The van der Waals surface area contributed by atoms with Crippen LogP contribution in [-0.4, -0.2) is 71.4 Å². The summed E-state index contributed by atoms with van der Waals surface area (Å²) in [7, 11) is -1.26. The monoisotopic (exact) mass is 931 g/mol. The predicted molar refractivity (Wildman–Crippen MR) is 229 cm³/mol. The van der Waals surface area contributed by atoms with E-state index < -0.39 is 38.6 Å². The van der Waals surface area contributed by atoms with Crippen LogP contribution in [0.5, 0.6) is 17.2 Å². The number of aromatic nitrogens is 3. The molecule has 3 aromatic carbocycles. The summed E-state index contributed by atoms with van der Waals surface area (Å²) in [6.45, 7) is 0. The van der Waals surface area contributed by atoms with Crippen LogP contribution in [0.25, 0.3) is 0 Å². The Morgan fingerprint density at radius 3 is 1.19 bits per heavy atom. The molecule has 0 amide bonds. The van der Waals surface area contributed by atoms with Crippen molar-refractivity contribution >= 4 is 62.3 Å². The molecule has 0 saturated carbocycles. The highest BCUT2D eigenvalue weighted by Gasteiger charge is 2.19. The van der Waals surface area contributed by atoms with Crippen LogP contribution < -0.4 is 25.7 Å². The second-order valence-electron chi connectivity index (χ2n) is 12.0. The van der Waals surface area contributed by atoms with E-state index in [4.69, 9.17) is 36.4 Å². The van der Waals surface area contributed by atoms with Crippen molar-refractivity contribution in [3.8, 4) is 17.2 Å². The van der Waals surface area contributed by atoms with Gasteiger partial charge in [0.2, 0.25) is 0 Å². The van der Waals surface area contributed by atoms with Crippen molar-refractivity contribution < 1.29 is 49.3 Å². The summed E-state index contributed by atoms with van der Waals surface area (Å²) >= 11 is 0. The van der Waals surface area contributed by atoms with E-state index in [-0.39, 0.29) is 37.6 Å². The van der Waals surface area contributed by atoms with E-state index in [0.717, 1.165) is 42.1 Å². The third-order valence-corrected chi connectivity index (χ3v) is 12.4. The van der Waals surface area contributed by atoms with Crippen LogP contribution >= 0.6 is 10.7 Å². The SMILES string of the molecule is COc1ccnc(CS(=O)(=O)c2ccc(N)cc2)c1.COc1ccnc(CS(=O)(=O)c2ccc([N+](=O)[O-])cc2)c1.COc1ccnc(N)c1.O=[N+]([O-])c1ccc(S(=O)(=O)Cl)cc1. The largest absolute Gasteiger partial charge is 0.497 e. The number of nitrogens with two attached hydrogens (primary N) is 2. The number of hydrogen-bond acceptors (Lipinski definition) is 18. The number of benzene rings is 3. The fraction of sp³-hybridized carbons (Fsp3) is 0.132. The van der Waals surface area contributed by atoms with Crippen LogP contribution in [0.2, 0.25) is 0 Å². The molecule has 0 radical (unpaired) electrons. The molecule has 3 heterocycles. The third-order valence-electron chi connectivity index (χ3n) is 7.69. The van der Waals surface area contributed by atoms with E-state index in [9.17, 15) is 45.5 Å². The minimum absolute atomic E-state index is 0.0118. The van der Waals surface area contributed by atoms with Gasteiger partial charge < -0.3 is 25.7 Å². The number of non-ortho nitro benzene ring substituents is 2. The molecular formula is C38H38ClN7O13S3. The summed E-state index contributed by atoms with van der Waals surface area (Å²) < 4.78 is 85.2. The Bertz CT molecular complexity index is 2780. The number of sulfone groups is 2. The van der Waals surface area contributed by atoms with Crippen molar-refractivity contribution in [1.82, 2.24) is 15.0 Å². The van der Waals surface area contributed by atoms with Crippen LogP contribution in [0.1, 0.15) is 11.4 Å². The van der Waals surface area contributed by atoms with Crippen LogP contribution in [0.4, 0.5) is 22.9 Å². The topological polar surface area (TPSA) is 307 Å². The summed E-state index contributed by atoms with van der Waals surface area (Å²) in [5, 5.41) is 20.7. The Morgan fingerprint density at radius 1 is 0.532 bits per heavy atom. The molecule has 328 valence electrons. The van der Waals surface area contributed by atoms with E-state index >= 15 is 0 Å². The zero-order valence-corrected chi connectivity index (χ0v) is 36.0. The van der Waals surface area contributed by atoms with Gasteiger partial charge in [0, 0.05) is 77.4 Å². The van der Waals surface area contributed by atoms with Gasteiger partial charge in [-0.15, -0.1) is 0 Å². The van der Waals surface area contributed by atoms with Crippen molar-refractivity contribution in [3.63, 3.8) is 0 Å². The summed E-state index contributed by atoms with van der Waals surface area (Å²) in [6, 6.07) is 25.0. The number of halogens is 1. The molecule has 24 heteroatoms. The van der Waals surface area contributed by atoms with Gasteiger partial charge in [0.05, 0.1) is 68.8 Å². The fourth-order valence-electron chi connectivity index (χ4n) is 4.62. The van der Waals surface area contributed by atoms with Gasteiger partial charge in [-0.1, -0.05) is 0 Å². The number of nitro benzene ring substituents is 2. The second kappa shape index (κ2) is 22.6. The first-order chi connectivity index (χ1) is 29.2. The number of nitrogens with zero attached hydrogens (tertiary/aromatic N) is 5. The van der Waals surface area contributed by atoms with Crippen molar-refractivity contribution in [2.75, 3.05) is 32.8 Å². The lowest BCUT2D eigenvalue weighted by Crippen LogP contribution is -2.06. The molecule has 4 N–H and O–H groups in total. The number of nitro groups is 2. The van der Waals surface area contributed by atoms with E-state index in [0.29, 0.717) is 34.4 Å². The number of methoxy groups -OCH3 is 3. The molecule has 0 spiro atoms. The molecule has 0 aliphatic rings. The van der Waals surface area contributed by atoms with Crippen molar-refractivity contribution in [1.29, 1.82) is 0 Å². The van der Waals surface area contributed by atoms with E-state index in [1.165, 1.54) is 56.9 Å². The first kappa shape index (κ1) is 49.4. The number of pyridine rings is 3. The molecule has 3 aromatic heterocycles. The Balaban J connectivity index is 0.000000230. The predicted octanol–water partition coefficient (Wildman–Crippen LogP) is 5.81. The van der Waals surface area contributed by atoms with Crippen molar-refractivity contribution in [3.05, 3.63) is 159 Å². The molecule has 6 rings (SSSR count). The Hall–Kier alpha value is -6.95. The highest BCUT2D eigenvalue weighted by atomic mass is 35.7. The molecule has 6 aromatic rings. The molecule has 0 bridgehead atoms. The third kappa shape index (κ3) is 15.9. The average molecular weight is 932 g/mol. The van der Waals surface area contributed by atoms with Crippen LogP contribution in [0.3, 0.4) is 0 Å². The van der Waals surface area contributed by atoms with Crippen LogP contribution in [-0.2, 0) is 40.2 Å². The van der Waals surface area contributed by atoms with Crippen molar-refractivity contribution in [2.24, 2.45) is 0 Å². The van der Waals surface area contributed by atoms with Gasteiger partial charge in [-0.25, -0.2) is 30.2 Å². The molecule has 20 nitrogen and oxygen atoms in total. The average Bonchev–Trinajstić information content (AvgIpc) is 3.24. The number of ether oxygens (including phenoxy) is 3. The summed E-state index contributed by atoms with van der Waals surface area (Å²) in [5.41, 5.74) is 11.9. The van der Waals surface area contributed by atoms with Gasteiger partial charge in [0.25, 0.3) is 20.4 Å². The van der Waals surface area contributed by atoms with Gasteiger partial charge in [0.15, 0.2) is 19.7 Å². The quantitative estimate of drug-likeness (QED) is 0.0632. The van der Waals surface area contributed by atoms with Crippen LogP contribution in [0, 0.1) is 20.2 Å². The van der Waals surface area contributed by atoms with Gasteiger partial charge in [0.1, 0.15) is 23.1 Å². The number of rotatable bonds is 12. The maximum atomic E-state index is 12.2. The molecule has 0 unspecified atom stereocenters. The van der Waals surface area contributed by atoms with Gasteiger partial charge in [-0.05, 0) is 66.7 Å². The number of anilines is 2. The zero-order chi connectivity index (χ0) is 46.1. The maximum absolute atomic E-state index is 12.2. The van der Waals surface area contributed by atoms with Crippen LogP contribution in [0.15, 0.2) is 142 Å². The maximum Gasteiger partial charge on any atom is 0.269 e. The smallest absolute Gasteiger partial charge is 0.269 e. The normalized spacial score (nSPS) is 10.8. The van der Waals surface area contributed by atoms with Gasteiger partial charge >= 0.3 is 0 Å². The minimum atomic E-state index is -3.80. The minimum Gasteiger partial charge on any atom is -0.497 e. The van der Waals surface area contributed by atoms with Gasteiger partial charge in [-0.3, -0.25) is 30.2 Å². The molecule has 0 atom stereocenters. The van der Waals surface area contributed by atoms with E-state index in [2.05, 4.69) is 15.0 Å². The summed E-state index contributed by atoms with van der Waals surface area (Å²) in [5.74, 6) is 1.84. The fourth-order valence-corrected chi connectivity index (χ4v) is 7.91. The Kier molecular flexibility index (Phi) is 18.0. The molecule has 0 aliphatic carbocycles. The standard InChI is InChI=1S/C13H12N2O5S.C13H14N2O3S.C6H4ClNO4S.C6H8N2O/c1-20-12-6-7-14-10(8-12)9-21(18,19)13-4-2-11(3-5-13)15(16)17;1-18-12-6-7-15-11(8-12)9-19(16,17)13-4-2-10(14)3-5-13;7-13(11,12)6-3-1-5(2-4-6)8(9)10;1-9-5-2-3-8-6(7)4-5/h2-8H,9H2,1H3;2-8H,9,14H2,1H3;1-4H;2-4H,1H3,(H2,7,8).